The van der Waals surface area contributed by atoms with Crippen molar-refractivity contribution in [2.75, 3.05) is 0 Å². The van der Waals surface area contributed by atoms with E-state index in [0.717, 1.165) is 23.4 Å². The van der Waals surface area contributed by atoms with Crippen molar-refractivity contribution in [3.8, 4) is 0 Å². The summed E-state index contributed by atoms with van der Waals surface area (Å²) >= 11 is 0. The quantitative estimate of drug-likeness (QED) is 0.811. The van der Waals surface area contributed by atoms with Crippen LogP contribution < -0.4 is 5.32 Å². The van der Waals surface area contributed by atoms with Crippen molar-refractivity contribution in [3.05, 3.63) is 23.0 Å². The molecular weight excluding hydrogens is 188 g/mol. The van der Waals surface area contributed by atoms with E-state index >= 15 is 0 Å². The van der Waals surface area contributed by atoms with Crippen LogP contribution in [0.1, 0.15) is 42.0 Å². The average Bonchev–Trinajstić information content (AvgIpc) is 2.45. The Morgan fingerprint density at radius 1 is 1.53 bits per heavy atom. The molecule has 0 fully saturated rings. The zero-order valence-corrected chi connectivity index (χ0v) is 10.2. The monoisotopic (exact) mass is 208 g/mol. The molecule has 0 spiro atoms. The van der Waals surface area contributed by atoms with Crippen LogP contribution >= 0.6 is 0 Å². The molecule has 0 radical (unpaired) electrons. The minimum Gasteiger partial charge on any atom is -0.351 e. The normalized spacial score (nSPS) is 12.6. The van der Waals surface area contributed by atoms with Gasteiger partial charge in [0, 0.05) is 24.5 Å². The highest BCUT2D eigenvalue weighted by Crippen LogP contribution is 2.13. The molecule has 15 heavy (non-hydrogen) atoms. The summed E-state index contributed by atoms with van der Waals surface area (Å²) < 4.78 is 2.03. The van der Waals surface area contributed by atoms with Gasteiger partial charge < -0.3 is 9.88 Å². The molecule has 1 rings (SSSR count). The summed E-state index contributed by atoms with van der Waals surface area (Å²) in [6, 6.07) is 2.17. The van der Waals surface area contributed by atoms with E-state index < -0.39 is 0 Å². The molecular formula is C12H20N2O. The van der Waals surface area contributed by atoms with Crippen LogP contribution in [0.2, 0.25) is 0 Å². The number of aromatic nitrogens is 1. The zero-order chi connectivity index (χ0) is 11.6. The Morgan fingerprint density at radius 3 is 2.53 bits per heavy atom. The van der Waals surface area contributed by atoms with Gasteiger partial charge >= 0.3 is 0 Å². The van der Waals surface area contributed by atoms with Gasteiger partial charge in [0.15, 0.2) is 0 Å². The third-order valence-corrected chi connectivity index (χ3v) is 3.01. The number of nitrogens with zero attached hydrogens (tertiary/aromatic N) is 1. The molecule has 3 nitrogen and oxygen atoms in total. The summed E-state index contributed by atoms with van der Waals surface area (Å²) in [5, 5.41) is 2.97. The van der Waals surface area contributed by atoms with E-state index in [4.69, 9.17) is 0 Å². The summed E-state index contributed by atoms with van der Waals surface area (Å²) in [6.07, 6.45) is 0.955. The maximum atomic E-state index is 11.9. The number of aryl methyl sites for hydroxylation is 1. The van der Waals surface area contributed by atoms with Crippen molar-refractivity contribution >= 4 is 5.91 Å². The van der Waals surface area contributed by atoms with Crippen molar-refractivity contribution in [1.29, 1.82) is 0 Å². The Morgan fingerprint density at radius 2 is 2.13 bits per heavy atom. The van der Waals surface area contributed by atoms with Crippen molar-refractivity contribution < 1.29 is 4.79 Å². The van der Waals surface area contributed by atoms with Crippen LogP contribution in [0.3, 0.4) is 0 Å². The van der Waals surface area contributed by atoms with E-state index in [0.29, 0.717) is 0 Å². The van der Waals surface area contributed by atoms with Crippen molar-refractivity contribution in [3.63, 3.8) is 0 Å². The zero-order valence-electron chi connectivity index (χ0n) is 10.2. The molecule has 1 heterocycles. The largest absolute Gasteiger partial charge is 0.351 e. The first-order chi connectivity index (χ1) is 6.97. The maximum absolute atomic E-state index is 11.9. The molecule has 1 N–H and O–H groups in total. The van der Waals surface area contributed by atoms with Crippen LogP contribution in [-0.2, 0) is 7.05 Å². The van der Waals surface area contributed by atoms with Crippen molar-refractivity contribution in [2.45, 2.75) is 40.2 Å². The van der Waals surface area contributed by atoms with Gasteiger partial charge in [0.1, 0.15) is 0 Å². The molecule has 1 aromatic heterocycles. The number of amides is 1. The summed E-state index contributed by atoms with van der Waals surface area (Å²) in [4.78, 5) is 11.9. The first-order valence-corrected chi connectivity index (χ1v) is 5.41. The molecule has 1 atom stereocenters. The van der Waals surface area contributed by atoms with Gasteiger partial charge in [-0.3, -0.25) is 4.79 Å². The minimum atomic E-state index is 0.0329. The average molecular weight is 208 g/mol. The van der Waals surface area contributed by atoms with Crippen molar-refractivity contribution in [2.24, 2.45) is 7.05 Å². The van der Waals surface area contributed by atoms with E-state index in [2.05, 4.69) is 12.2 Å². The van der Waals surface area contributed by atoms with Gasteiger partial charge in [-0.25, -0.2) is 0 Å². The lowest BCUT2D eigenvalue weighted by atomic mass is 10.2. The number of rotatable bonds is 3. The highest BCUT2D eigenvalue weighted by molar-refractivity contribution is 5.95. The lowest BCUT2D eigenvalue weighted by Gasteiger charge is -2.11. The summed E-state index contributed by atoms with van der Waals surface area (Å²) in [5.41, 5.74) is 2.92. The summed E-state index contributed by atoms with van der Waals surface area (Å²) in [6.45, 7) is 8.06. The van der Waals surface area contributed by atoms with Gasteiger partial charge in [0.25, 0.3) is 5.91 Å². The summed E-state index contributed by atoms with van der Waals surface area (Å²) in [7, 11) is 1.98. The van der Waals surface area contributed by atoms with Crippen LogP contribution in [0.4, 0.5) is 0 Å². The highest BCUT2D eigenvalue weighted by atomic mass is 16.1. The van der Waals surface area contributed by atoms with Gasteiger partial charge in [0.05, 0.1) is 5.56 Å². The number of hydrogen-bond donors (Lipinski definition) is 1. The first kappa shape index (κ1) is 11.8. The molecule has 1 amide bonds. The van der Waals surface area contributed by atoms with Crippen LogP contribution in [-0.4, -0.2) is 16.5 Å². The first-order valence-electron chi connectivity index (χ1n) is 5.41. The molecule has 3 heteroatoms. The molecule has 0 bridgehead atoms. The molecule has 1 aromatic rings. The SMILES string of the molecule is CCC(C)NC(=O)c1cc(C)n(C)c1C. The standard InChI is InChI=1S/C12H20N2O/c1-6-8(2)13-12(15)11-7-9(3)14(5)10(11)4/h7-8H,6H2,1-5H3,(H,13,15). The second-order valence-corrected chi connectivity index (χ2v) is 4.13. The molecule has 0 saturated heterocycles. The van der Waals surface area contributed by atoms with E-state index in [1.807, 2.05) is 38.5 Å². The van der Waals surface area contributed by atoms with Crippen LogP contribution in [0.25, 0.3) is 0 Å². The fraction of sp³-hybridized carbons (Fsp3) is 0.583. The fourth-order valence-corrected chi connectivity index (χ4v) is 1.49. The van der Waals surface area contributed by atoms with E-state index in [-0.39, 0.29) is 11.9 Å². The second kappa shape index (κ2) is 4.51. The van der Waals surface area contributed by atoms with Gasteiger partial charge in [0.2, 0.25) is 0 Å². The fourth-order valence-electron chi connectivity index (χ4n) is 1.49. The lowest BCUT2D eigenvalue weighted by Crippen LogP contribution is -2.32. The number of nitrogens with one attached hydrogen (secondary N) is 1. The highest BCUT2D eigenvalue weighted by Gasteiger charge is 2.14. The molecule has 0 aliphatic heterocycles. The number of carbonyl (C=O) groups excluding carboxylic acids is 1. The smallest absolute Gasteiger partial charge is 0.253 e. The van der Waals surface area contributed by atoms with E-state index in [9.17, 15) is 4.79 Å². The van der Waals surface area contributed by atoms with Crippen LogP contribution in [0, 0.1) is 13.8 Å². The number of carbonyl (C=O) groups is 1. The summed E-state index contributed by atoms with van der Waals surface area (Å²) in [5.74, 6) is 0.0329. The lowest BCUT2D eigenvalue weighted by molar-refractivity contribution is 0.0938. The Balaban J connectivity index is 2.87. The van der Waals surface area contributed by atoms with Gasteiger partial charge in [-0.15, -0.1) is 0 Å². The van der Waals surface area contributed by atoms with Crippen LogP contribution in [0.5, 0.6) is 0 Å². The molecule has 0 aliphatic carbocycles. The maximum Gasteiger partial charge on any atom is 0.253 e. The predicted octanol–water partition coefficient (Wildman–Crippen LogP) is 2.17. The minimum absolute atomic E-state index is 0.0329. The molecule has 0 aromatic carbocycles. The molecule has 84 valence electrons. The predicted molar refractivity (Wildman–Crippen MR) is 62.1 cm³/mol. The van der Waals surface area contributed by atoms with E-state index in [1.165, 1.54) is 0 Å². The second-order valence-electron chi connectivity index (χ2n) is 4.13. The Kier molecular flexibility index (Phi) is 3.56. The van der Waals surface area contributed by atoms with Gasteiger partial charge in [-0.2, -0.15) is 0 Å². The Hall–Kier alpha value is -1.25. The molecule has 0 saturated carbocycles. The van der Waals surface area contributed by atoms with Crippen LogP contribution in [0.15, 0.2) is 6.07 Å². The third kappa shape index (κ3) is 2.41. The van der Waals surface area contributed by atoms with Gasteiger partial charge in [-0.1, -0.05) is 6.92 Å². The third-order valence-electron chi connectivity index (χ3n) is 3.01. The van der Waals surface area contributed by atoms with E-state index in [1.54, 1.807) is 0 Å². The molecule has 0 aliphatic rings. The Labute approximate surface area is 91.5 Å². The number of hydrogen-bond acceptors (Lipinski definition) is 1. The Bertz CT molecular complexity index is 366. The van der Waals surface area contributed by atoms with Crippen molar-refractivity contribution in [1.82, 2.24) is 9.88 Å². The van der Waals surface area contributed by atoms with Gasteiger partial charge in [-0.05, 0) is 33.3 Å². The topological polar surface area (TPSA) is 34.0 Å². The molecule has 1 unspecified atom stereocenters.